The molecule has 0 saturated carbocycles. The summed E-state index contributed by atoms with van der Waals surface area (Å²) < 4.78 is 44.7. The standard InChI is InChI=1S/C17H20N2O6S/c1-9-3-4-11(14-5-10(2)18-25-14)6-15(9)26(21,22)19-12-7-23-17-13(20)8-24-16(12)17/h3-6,12-13,16-17,19-20H,7-8H2,1-2H3/t12-,13-,16-,17-/m1/s1. The number of aliphatic hydroxyl groups excluding tert-OH is 1. The summed E-state index contributed by atoms with van der Waals surface area (Å²) in [5, 5.41) is 13.6. The van der Waals surface area contributed by atoms with Crippen molar-refractivity contribution in [2.24, 2.45) is 0 Å². The Morgan fingerprint density at radius 3 is 2.65 bits per heavy atom. The van der Waals surface area contributed by atoms with Gasteiger partial charge in [-0.25, -0.2) is 13.1 Å². The van der Waals surface area contributed by atoms with E-state index in [1.54, 1.807) is 38.1 Å². The van der Waals surface area contributed by atoms with Crippen LogP contribution < -0.4 is 4.72 Å². The third-order valence-corrected chi connectivity index (χ3v) is 6.36. The van der Waals surface area contributed by atoms with Crippen LogP contribution in [0, 0.1) is 13.8 Å². The van der Waals surface area contributed by atoms with Crippen molar-refractivity contribution < 1.29 is 27.5 Å². The van der Waals surface area contributed by atoms with Crippen LogP contribution in [0.4, 0.5) is 0 Å². The van der Waals surface area contributed by atoms with Gasteiger partial charge in [0.2, 0.25) is 10.0 Å². The smallest absolute Gasteiger partial charge is 0.241 e. The molecule has 0 spiro atoms. The Labute approximate surface area is 151 Å². The molecule has 4 rings (SSSR count). The normalized spacial score (nSPS) is 28.4. The quantitative estimate of drug-likeness (QED) is 0.806. The molecule has 2 N–H and O–H groups in total. The van der Waals surface area contributed by atoms with Crippen molar-refractivity contribution in [3.63, 3.8) is 0 Å². The van der Waals surface area contributed by atoms with Gasteiger partial charge in [-0.15, -0.1) is 0 Å². The number of hydrogen-bond donors (Lipinski definition) is 2. The topological polar surface area (TPSA) is 111 Å². The molecule has 2 aromatic rings. The summed E-state index contributed by atoms with van der Waals surface area (Å²) in [6.07, 6.45) is -1.71. The molecule has 2 aliphatic rings. The largest absolute Gasteiger partial charge is 0.388 e. The second-order valence-corrected chi connectivity index (χ2v) is 8.39. The van der Waals surface area contributed by atoms with E-state index in [2.05, 4.69) is 9.88 Å². The number of rotatable bonds is 4. The Bertz CT molecular complexity index is 925. The van der Waals surface area contributed by atoms with Crippen LogP contribution in [0.1, 0.15) is 11.3 Å². The minimum absolute atomic E-state index is 0.146. The minimum Gasteiger partial charge on any atom is -0.388 e. The fourth-order valence-electron chi connectivity index (χ4n) is 3.39. The van der Waals surface area contributed by atoms with E-state index in [0.29, 0.717) is 22.6 Å². The number of hydrogen-bond acceptors (Lipinski definition) is 7. The highest BCUT2D eigenvalue weighted by atomic mass is 32.2. The van der Waals surface area contributed by atoms with Crippen molar-refractivity contribution in [1.82, 2.24) is 9.88 Å². The second-order valence-electron chi connectivity index (χ2n) is 6.70. The lowest BCUT2D eigenvalue weighted by atomic mass is 10.1. The van der Waals surface area contributed by atoms with Crippen molar-refractivity contribution in [3.8, 4) is 11.3 Å². The molecule has 1 aromatic carbocycles. The zero-order chi connectivity index (χ0) is 18.5. The number of aromatic nitrogens is 1. The summed E-state index contributed by atoms with van der Waals surface area (Å²) in [6.45, 7) is 3.83. The lowest BCUT2D eigenvalue weighted by molar-refractivity contribution is 0.0181. The summed E-state index contributed by atoms with van der Waals surface area (Å²) in [5.41, 5.74) is 1.96. The van der Waals surface area contributed by atoms with Gasteiger partial charge in [0, 0.05) is 11.6 Å². The van der Waals surface area contributed by atoms with Crippen molar-refractivity contribution in [2.45, 2.75) is 43.1 Å². The van der Waals surface area contributed by atoms with E-state index in [1.807, 2.05) is 0 Å². The van der Waals surface area contributed by atoms with Crippen LogP contribution in [-0.4, -0.2) is 56.2 Å². The van der Waals surface area contributed by atoms with Gasteiger partial charge >= 0.3 is 0 Å². The molecule has 4 atom stereocenters. The number of sulfonamides is 1. The van der Waals surface area contributed by atoms with Gasteiger partial charge in [0.25, 0.3) is 0 Å². The summed E-state index contributed by atoms with van der Waals surface area (Å²) >= 11 is 0. The third kappa shape index (κ3) is 3.06. The molecular weight excluding hydrogens is 360 g/mol. The van der Waals surface area contributed by atoms with E-state index in [-0.39, 0.29) is 18.1 Å². The van der Waals surface area contributed by atoms with Crippen LogP contribution in [0.2, 0.25) is 0 Å². The Kier molecular flexibility index (Phi) is 4.36. The fraction of sp³-hybridized carbons (Fsp3) is 0.471. The zero-order valence-electron chi connectivity index (χ0n) is 14.4. The summed E-state index contributed by atoms with van der Waals surface area (Å²) in [4.78, 5) is 0.158. The van der Waals surface area contributed by atoms with Crippen LogP contribution in [0.5, 0.6) is 0 Å². The molecule has 2 aliphatic heterocycles. The number of fused-ring (bicyclic) bond motifs is 1. The molecule has 9 heteroatoms. The lowest BCUT2D eigenvalue weighted by Crippen LogP contribution is -2.44. The van der Waals surface area contributed by atoms with Crippen LogP contribution >= 0.6 is 0 Å². The molecule has 2 saturated heterocycles. The molecule has 1 aromatic heterocycles. The van der Waals surface area contributed by atoms with E-state index >= 15 is 0 Å². The fourth-order valence-corrected chi connectivity index (χ4v) is 4.89. The van der Waals surface area contributed by atoms with Crippen molar-refractivity contribution >= 4 is 10.0 Å². The number of benzene rings is 1. The van der Waals surface area contributed by atoms with Crippen LogP contribution in [-0.2, 0) is 19.5 Å². The molecule has 0 unspecified atom stereocenters. The monoisotopic (exact) mass is 380 g/mol. The lowest BCUT2D eigenvalue weighted by Gasteiger charge is -2.18. The molecule has 0 radical (unpaired) electrons. The third-order valence-electron chi connectivity index (χ3n) is 4.72. The van der Waals surface area contributed by atoms with Gasteiger partial charge in [-0.05, 0) is 25.5 Å². The molecule has 0 bridgehead atoms. The molecular formula is C17H20N2O6S. The first-order valence-corrected chi connectivity index (χ1v) is 9.81. The molecule has 2 fully saturated rings. The summed E-state index contributed by atoms with van der Waals surface area (Å²) in [6, 6.07) is 6.29. The van der Waals surface area contributed by atoms with E-state index in [1.165, 1.54) is 0 Å². The summed E-state index contributed by atoms with van der Waals surface area (Å²) in [7, 11) is -3.81. The van der Waals surface area contributed by atoms with Crippen LogP contribution in [0.25, 0.3) is 11.3 Å². The number of nitrogens with zero attached hydrogens (tertiary/aromatic N) is 1. The number of nitrogens with one attached hydrogen (secondary N) is 1. The second kappa shape index (κ2) is 6.43. The average molecular weight is 380 g/mol. The van der Waals surface area contributed by atoms with E-state index in [0.717, 1.165) is 0 Å². The first kappa shape index (κ1) is 17.6. The van der Waals surface area contributed by atoms with Gasteiger partial charge in [0.15, 0.2) is 5.76 Å². The first-order chi connectivity index (χ1) is 12.3. The highest BCUT2D eigenvalue weighted by Gasteiger charge is 2.48. The van der Waals surface area contributed by atoms with E-state index < -0.39 is 34.4 Å². The molecule has 140 valence electrons. The highest BCUT2D eigenvalue weighted by Crippen LogP contribution is 2.30. The van der Waals surface area contributed by atoms with Gasteiger partial charge in [-0.1, -0.05) is 17.3 Å². The Hall–Kier alpha value is -1.78. The van der Waals surface area contributed by atoms with Crippen molar-refractivity contribution in [1.29, 1.82) is 0 Å². The van der Waals surface area contributed by atoms with E-state index in [9.17, 15) is 13.5 Å². The highest BCUT2D eigenvalue weighted by molar-refractivity contribution is 7.89. The Morgan fingerprint density at radius 2 is 1.92 bits per heavy atom. The SMILES string of the molecule is Cc1cc(-c2ccc(C)c(S(=O)(=O)N[C@@H]3CO[C@H]4[C@@H]3OC[C@H]4O)c2)on1. The van der Waals surface area contributed by atoms with Gasteiger partial charge in [0.05, 0.1) is 29.8 Å². The minimum atomic E-state index is -3.81. The summed E-state index contributed by atoms with van der Waals surface area (Å²) in [5.74, 6) is 0.505. The molecule has 26 heavy (non-hydrogen) atoms. The maximum Gasteiger partial charge on any atom is 0.241 e. The molecule has 0 aliphatic carbocycles. The maximum atomic E-state index is 12.9. The Morgan fingerprint density at radius 1 is 1.15 bits per heavy atom. The average Bonchev–Trinajstić information content (AvgIpc) is 3.28. The number of aryl methyl sites for hydroxylation is 2. The van der Waals surface area contributed by atoms with Gasteiger partial charge in [-0.2, -0.15) is 0 Å². The number of aliphatic hydroxyl groups is 1. The van der Waals surface area contributed by atoms with Gasteiger partial charge in [-0.3, -0.25) is 0 Å². The van der Waals surface area contributed by atoms with Crippen LogP contribution in [0.15, 0.2) is 33.7 Å². The van der Waals surface area contributed by atoms with Gasteiger partial charge in [0.1, 0.15) is 18.3 Å². The molecule has 0 amide bonds. The van der Waals surface area contributed by atoms with Crippen molar-refractivity contribution in [2.75, 3.05) is 13.2 Å². The van der Waals surface area contributed by atoms with Gasteiger partial charge < -0.3 is 19.1 Å². The van der Waals surface area contributed by atoms with E-state index in [4.69, 9.17) is 14.0 Å². The molecule has 3 heterocycles. The van der Waals surface area contributed by atoms with Crippen molar-refractivity contribution in [3.05, 3.63) is 35.5 Å². The molecule has 8 nitrogen and oxygen atoms in total. The Balaban J connectivity index is 1.61. The van der Waals surface area contributed by atoms with Crippen LogP contribution in [0.3, 0.4) is 0 Å². The maximum absolute atomic E-state index is 12.9. The zero-order valence-corrected chi connectivity index (χ0v) is 15.2. The number of ether oxygens (including phenoxy) is 2. The first-order valence-electron chi connectivity index (χ1n) is 8.33. The predicted molar refractivity (Wildman–Crippen MR) is 91.0 cm³/mol. The predicted octanol–water partition coefficient (Wildman–Crippen LogP) is 0.764.